The minimum absolute atomic E-state index is 0.179. The third-order valence-electron chi connectivity index (χ3n) is 3.17. The Kier molecular flexibility index (Phi) is 6.53. The van der Waals surface area contributed by atoms with Crippen molar-refractivity contribution in [3.05, 3.63) is 59.5 Å². The Bertz CT molecular complexity index is 484. The van der Waals surface area contributed by atoms with Crippen LogP contribution in [0.25, 0.3) is 0 Å². The fourth-order valence-electron chi connectivity index (χ4n) is 2.11. The highest BCUT2D eigenvalue weighted by Crippen LogP contribution is 2.24. The Hall–Kier alpha value is -2.07. The molecule has 1 rings (SSSR count). The summed E-state index contributed by atoms with van der Waals surface area (Å²) in [6, 6.07) is -0.179. The molecule has 0 saturated heterocycles. The van der Waals surface area contributed by atoms with Crippen LogP contribution in [0.2, 0.25) is 0 Å². The standard InChI is InChI=1S/C16H23N3O/c1-3-6-15(18)16(19-2)11-12(9-10-20)13-7-4-5-8-14(13)17/h3,7-11,15,19H,1,4-6,17-18H2,2H3/b12-9+,16-11-. The molecule has 108 valence electrons. The predicted octanol–water partition coefficient (Wildman–Crippen LogP) is 1.68. The average molecular weight is 273 g/mol. The number of nitrogens with two attached hydrogens (primary N) is 2. The van der Waals surface area contributed by atoms with E-state index in [4.69, 9.17) is 11.5 Å². The SMILES string of the molecule is C=CCC(N)/C(=C/C(=C\C=O)C1=CCCC=C1N)NC. The number of carbonyl (C=O) groups is 1. The van der Waals surface area contributed by atoms with E-state index in [1.807, 2.05) is 25.3 Å². The molecule has 0 saturated carbocycles. The smallest absolute Gasteiger partial charge is 0.143 e. The Labute approximate surface area is 120 Å². The van der Waals surface area contributed by atoms with Gasteiger partial charge < -0.3 is 16.8 Å². The lowest BCUT2D eigenvalue weighted by molar-refractivity contribution is -0.104. The van der Waals surface area contributed by atoms with Crippen molar-refractivity contribution in [3.8, 4) is 0 Å². The molecule has 1 atom stereocenters. The highest BCUT2D eigenvalue weighted by atomic mass is 16.1. The predicted molar refractivity (Wildman–Crippen MR) is 83.7 cm³/mol. The lowest BCUT2D eigenvalue weighted by Crippen LogP contribution is -2.29. The van der Waals surface area contributed by atoms with Crippen LogP contribution in [0, 0.1) is 0 Å². The van der Waals surface area contributed by atoms with Gasteiger partial charge in [-0.1, -0.05) is 18.2 Å². The number of carbonyl (C=O) groups excluding carboxylic acids is 1. The third kappa shape index (κ3) is 4.24. The summed E-state index contributed by atoms with van der Waals surface area (Å²) < 4.78 is 0. The van der Waals surface area contributed by atoms with Gasteiger partial charge in [-0.05, 0) is 37.0 Å². The first-order valence-corrected chi connectivity index (χ1v) is 6.71. The molecule has 1 aliphatic carbocycles. The molecule has 0 spiro atoms. The number of allylic oxidation sites excluding steroid dienone is 5. The lowest BCUT2D eigenvalue weighted by atomic mass is 9.94. The van der Waals surface area contributed by atoms with Crippen molar-refractivity contribution in [2.75, 3.05) is 7.05 Å². The Morgan fingerprint density at radius 3 is 2.75 bits per heavy atom. The van der Waals surface area contributed by atoms with Gasteiger partial charge in [0.2, 0.25) is 0 Å². The molecule has 0 aromatic carbocycles. The minimum Gasteiger partial charge on any atom is -0.398 e. The van der Waals surface area contributed by atoms with Crippen LogP contribution in [0.4, 0.5) is 0 Å². The van der Waals surface area contributed by atoms with E-state index in [9.17, 15) is 4.79 Å². The van der Waals surface area contributed by atoms with Crippen LogP contribution in [-0.2, 0) is 4.79 Å². The van der Waals surface area contributed by atoms with E-state index < -0.39 is 0 Å². The average Bonchev–Trinajstić information content (AvgIpc) is 2.44. The van der Waals surface area contributed by atoms with Gasteiger partial charge >= 0.3 is 0 Å². The van der Waals surface area contributed by atoms with Gasteiger partial charge in [0, 0.05) is 30.1 Å². The van der Waals surface area contributed by atoms with E-state index >= 15 is 0 Å². The first kappa shape index (κ1) is 16.0. The lowest BCUT2D eigenvalue weighted by Gasteiger charge is -2.18. The van der Waals surface area contributed by atoms with Crippen LogP contribution in [0.5, 0.6) is 0 Å². The summed E-state index contributed by atoms with van der Waals surface area (Å²) in [5.41, 5.74) is 15.3. The van der Waals surface area contributed by atoms with Gasteiger partial charge in [0.15, 0.2) is 0 Å². The summed E-state index contributed by atoms with van der Waals surface area (Å²) in [5.74, 6) is 0. The molecular weight excluding hydrogens is 250 g/mol. The van der Waals surface area contributed by atoms with Crippen molar-refractivity contribution in [2.24, 2.45) is 11.5 Å². The quantitative estimate of drug-likeness (QED) is 0.285. The largest absolute Gasteiger partial charge is 0.398 e. The van der Waals surface area contributed by atoms with Crippen LogP contribution < -0.4 is 16.8 Å². The van der Waals surface area contributed by atoms with Crippen molar-refractivity contribution >= 4 is 6.29 Å². The van der Waals surface area contributed by atoms with Crippen molar-refractivity contribution in [1.29, 1.82) is 0 Å². The highest BCUT2D eigenvalue weighted by Gasteiger charge is 2.12. The monoisotopic (exact) mass is 273 g/mol. The van der Waals surface area contributed by atoms with Gasteiger partial charge in [-0.15, -0.1) is 6.58 Å². The molecule has 4 nitrogen and oxygen atoms in total. The van der Waals surface area contributed by atoms with Crippen molar-refractivity contribution in [1.82, 2.24) is 5.32 Å². The molecule has 0 heterocycles. The van der Waals surface area contributed by atoms with E-state index in [0.29, 0.717) is 12.1 Å². The molecule has 4 heteroatoms. The van der Waals surface area contributed by atoms with Gasteiger partial charge in [-0.3, -0.25) is 4.79 Å². The van der Waals surface area contributed by atoms with Gasteiger partial charge in [0.1, 0.15) is 6.29 Å². The zero-order valence-corrected chi connectivity index (χ0v) is 11.9. The number of hydrogen-bond acceptors (Lipinski definition) is 4. The van der Waals surface area contributed by atoms with Gasteiger partial charge in [-0.25, -0.2) is 0 Å². The molecule has 5 N–H and O–H groups in total. The second-order valence-electron chi connectivity index (χ2n) is 4.59. The second kappa shape index (κ2) is 8.17. The molecule has 0 radical (unpaired) electrons. The maximum Gasteiger partial charge on any atom is 0.143 e. The molecular formula is C16H23N3O. The van der Waals surface area contributed by atoms with Crippen LogP contribution in [0.3, 0.4) is 0 Å². The molecule has 0 bridgehead atoms. The summed E-state index contributed by atoms with van der Waals surface area (Å²) in [5, 5.41) is 3.07. The molecule has 0 amide bonds. The van der Waals surface area contributed by atoms with E-state index in [2.05, 4.69) is 11.9 Å². The van der Waals surface area contributed by atoms with Crippen LogP contribution in [0.15, 0.2) is 59.5 Å². The normalized spacial score (nSPS) is 17.9. The van der Waals surface area contributed by atoms with Gasteiger partial charge in [-0.2, -0.15) is 0 Å². The van der Waals surface area contributed by atoms with Gasteiger partial charge in [0.05, 0.1) is 0 Å². The van der Waals surface area contributed by atoms with Crippen LogP contribution >= 0.6 is 0 Å². The zero-order chi connectivity index (χ0) is 15.0. The Morgan fingerprint density at radius 1 is 1.50 bits per heavy atom. The number of hydrogen-bond donors (Lipinski definition) is 3. The fourth-order valence-corrected chi connectivity index (χ4v) is 2.11. The highest BCUT2D eigenvalue weighted by molar-refractivity contribution is 5.71. The molecule has 0 fully saturated rings. The third-order valence-corrected chi connectivity index (χ3v) is 3.17. The fraction of sp³-hybridized carbons (Fsp3) is 0.312. The van der Waals surface area contributed by atoms with Crippen molar-refractivity contribution in [3.63, 3.8) is 0 Å². The van der Waals surface area contributed by atoms with Crippen LogP contribution in [-0.4, -0.2) is 19.4 Å². The van der Waals surface area contributed by atoms with Crippen molar-refractivity contribution < 1.29 is 4.79 Å². The number of nitrogens with one attached hydrogen (secondary N) is 1. The van der Waals surface area contributed by atoms with Crippen molar-refractivity contribution in [2.45, 2.75) is 25.3 Å². The molecule has 1 aliphatic rings. The first-order valence-electron chi connectivity index (χ1n) is 6.71. The number of rotatable bonds is 7. The first-order chi connectivity index (χ1) is 9.63. The number of aldehydes is 1. The summed E-state index contributed by atoms with van der Waals surface area (Å²) in [6.45, 7) is 3.69. The summed E-state index contributed by atoms with van der Waals surface area (Å²) in [4.78, 5) is 10.9. The Morgan fingerprint density at radius 2 is 2.20 bits per heavy atom. The van der Waals surface area contributed by atoms with E-state index in [0.717, 1.165) is 36.0 Å². The van der Waals surface area contributed by atoms with Gasteiger partial charge in [0.25, 0.3) is 0 Å². The minimum atomic E-state index is -0.179. The van der Waals surface area contributed by atoms with E-state index in [1.165, 1.54) is 6.08 Å². The molecule has 0 aromatic heterocycles. The maximum atomic E-state index is 10.9. The van der Waals surface area contributed by atoms with E-state index in [1.54, 1.807) is 6.08 Å². The van der Waals surface area contributed by atoms with E-state index in [-0.39, 0.29) is 6.04 Å². The molecule has 0 aliphatic heterocycles. The second-order valence-corrected chi connectivity index (χ2v) is 4.59. The zero-order valence-electron chi connectivity index (χ0n) is 11.9. The summed E-state index contributed by atoms with van der Waals surface area (Å²) in [6.07, 6.45) is 12.5. The molecule has 0 aromatic rings. The number of likely N-dealkylation sites (N-methyl/N-ethyl adjacent to an activating group) is 1. The summed E-state index contributed by atoms with van der Waals surface area (Å²) in [7, 11) is 1.81. The summed E-state index contributed by atoms with van der Waals surface area (Å²) >= 11 is 0. The molecule has 20 heavy (non-hydrogen) atoms. The Balaban J connectivity index is 3.11. The topological polar surface area (TPSA) is 81.1 Å². The maximum absolute atomic E-state index is 10.9. The molecule has 1 unspecified atom stereocenters. The van der Waals surface area contributed by atoms with Crippen LogP contribution in [0.1, 0.15) is 19.3 Å².